The maximum atomic E-state index is 8.78. The van der Waals surface area contributed by atoms with Crippen LogP contribution in [-0.4, -0.2) is 17.5 Å². The maximum absolute atomic E-state index is 8.78. The monoisotopic (exact) mass is 234 g/mol. The van der Waals surface area contributed by atoms with Gasteiger partial charge in [-0.1, -0.05) is 0 Å². The van der Waals surface area contributed by atoms with Gasteiger partial charge in [0.25, 0.3) is 0 Å². The van der Waals surface area contributed by atoms with Gasteiger partial charge in [-0.25, -0.2) is 0 Å². The van der Waals surface area contributed by atoms with Crippen molar-refractivity contribution in [2.24, 2.45) is 0 Å². The number of likely N-dealkylation sites (tertiary alicyclic amines) is 1. The second-order valence-electron chi connectivity index (χ2n) is 4.56. The Bertz CT molecular complexity index is 391. The number of thiophene rings is 1. The molecule has 2 rings (SSSR count). The van der Waals surface area contributed by atoms with Crippen molar-refractivity contribution in [2.45, 2.75) is 45.2 Å². The van der Waals surface area contributed by atoms with Crippen LogP contribution in [0.3, 0.4) is 0 Å². The van der Waals surface area contributed by atoms with Crippen molar-refractivity contribution in [3.63, 3.8) is 0 Å². The zero-order chi connectivity index (χ0) is 11.5. The van der Waals surface area contributed by atoms with Gasteiger partial charge in [0.05, 0.1) is 12.5 Å². The average Bonchev–Trinajstić information content (AvgIpc) is 2.85. The van der Waals surface area contributed by atoms with E-state index in [0.717, 1.165) is 6.54 Å². The summed E-state index contributed by atoms with van der Waals surface area (Å²) in [5.74, 6) is 0. The maximum Gasteiger partial charge on any atom is 0.0638 e. The molecule has 2 atom stereocenters. The highest BCUT2D eigenvalue weighted by atomic mass is 32.1. The van der Waals surface area contributed by atoms with Gasteiger partial charge in [0.2, 0.25) is 0 Å². The van der Waals surface area contributed by atoms with Crippen LogP contribution in [0.1, 0.15) is 42.0 Å². The van der Waals surface area contributed by atoms with E-state index in [0.29, 0.717) is 18.5 Å². The van der Waals surface area contributed by atoms with Crippen molar-refractivity contribution in [1.82, 2.24) is 4.90 Å². The summed E-state index contributed by atoms with van der Waals surface area (Å²) in [5, 5.41) is 8.78. The molecule has 16 heavy (non-hydrogen) atoms. The van der Waals surface area contributed by atoms with Gasteiger partial charge in [-0.3, -0.25) is 4.90 Å². The van der Waals surface area contributed by atoms with Gasteiger partial charge in [-0.05, 0) is 45.4 Å². The smallest absolute Gasteiger partial charge is 0.0638 e. The lowest BCUT2D eigenvalue weighted by atomic mass is 10.1. The van der Waals surface area contributed by atoms with Crippen molar-refractivity contribution in [3.8, 4) is 6.07 Å². The third-order valence-corrected chi connectivity index (χ3v) is 4.44. The Morgan fingerprint density at radius 2 is 2.44 bits per heavy atom. The second kappa shape index (κ2) is 4.99. The summed E-state index contributed by atoms with van der Waals surface area (Å²) in [4.78, 5) is 5.35. The molecule has 0 amide bonds. The van der Waals surface area contributed by atoms with E-state index < -0.39 is 0 Å². The van der Waals surface area contributed by atoms with Gasteiger partial charge in [0.1, 0.15) is 0 Å². The summed E-state index contributed by atoms with van der Waals surface area (Å²) < 4.78 is 0. The lowest BCUT2D eigenvalue weighted by Gasteiger charge is -2.28. The minimum absolute atomic E-state index is 0.389. The zero-order valence-corrected chi connectivity index (χ0v) is 10.8. The number of hydrogen-bond donors (Lipinski definition) is 0. The Morgan fingerprint density at radius 1 is 1.62 bits per heavy atom. The Labute approximate surface area is 102 Å². The second-order valence-corrected chi connectivity index (χ2v) is 5.88. The van der Waals surface area contributed by atoms with Crippen LogP contribution in [0.4, 0.5) is 0 Å². The van der Waals surface area contributed by atoms with E-state index in [1.54, 1.807) is 0 Å². The fraction of sp³-hybridized carbons (Fsp3) is 0.615. The molecule has 0 spiro atoms. The third kappa shape index (κ3) is 2.28. The largest absolute Gasteiger partial charge is 0.292 e. The summed E-state index contributed by atoms with van der Waals surface area (Å²) in [5.41, 5.74) is 0. The standard InChI is InChI=1S/C13H18N2S/c1-10(7-8-14)15-9-3-4-12(15)13-6-5-11(2)16-13/h5-6,10,12H,3-4,7,9H2,1-2H3/t10-,12-/m0/s1. The number of nitriles is 1. The molecule has 1 aliphatic rings. The van der Waals surface area contributed by atoms with E-state index in [-0.39, 0.29) is 0 Å². The summed E-state index contributed by atoms with van der Waals surface area (Å²) in [6, 6.07) is 7.68. The highest BCUT2D eigenvalue weighted by molar-refractivity contribution is 7.12. The molecule has 0 saturated carbocycles. The number of aryl methyl sites for hydroxylation is 1. The minimum atomic E-state index is 0.389. The highest BCUT2D eigenvalue weighted by Gasteiger charge is 2.30. The Hall–Kier alpha value is -0.850. The van der Waals surface area contributed by atoms with E-state index in [1.165, 1.54) is 22.6 Å². The van der Waals surface area contributed by atoms with Crippen LogP contribution in [0, 0.1) is 18.3 Å². The van der Waals surface area contributed by atoms with Crippen LogP contribution in [0.25, 0.3) is 0 Å². The number of hydrogen-bond acceptors (Lipinski definition) is 3. The molecule has 1 aromatic heterocycles. The van der Waals surface area contributed by atoms with Gasteiger partial charge >= 0.3 is 0 Å². The lowest BCUT2D eigenvalue weighted by molar-refractivity contribution is 0.197. The molecule has 1 aliphatic heterocycles. The Morgan fingerprint density at radius 3 is 3.06 bits per heavy atom. The summed E-state index contributed by atoms with van der Waals surface area (Å²) in [6.45, 7) is 5.47. The molecule has 86 valence electrons. The molecular weight excluding hydrogens is 216 g/mol. The fourth-order valence-corrected chi connectivity index (χ4v) is 3.54. The molecule has 0 unspecified atom stereocenters. The number of rotatable bonds is 3. The van der Waals surface area contributed by atoms with Crippen LogP contribution in [0.2, 0.25) is 0 Å². The first kappa shape index (κ1) is 11.6. The summed E-state index contributed by atoms with van der Waals surface area (Å²) in [7, 11) is 0. The first-order chi connectivity index (χ1) is 7.72. The molecule has 2 heterocycles. The van der Waals surface area contributed by atoms with E-state index in [1.807, 2.05) is 11.3 Å². The predicted octanol–water partition coefficient (Wildman–Crippen LogP) is 3.50. The van der Waals surface area contributed by atoms with Crippen LogP contribution >= 0.6 is 11.3 Å². The molecule has 1 fully saturated rings. The quantitative estimate of drug-likeness (QED) is 0.800. The molecular formula is C13H18N2S. The van der Waals surface area contributed by atoms with Crippen LogP contribution in [0.15, 0.2) is 12.1 Å². The van der Waals surface area contributed by atoms with E-state index >= 15 is 0 Å². The molecule has 0 aromatic carbocycles. The first-order valence-electron chi connectivity index (χ1n) is 5.91. The molecule has 0 N–H and O–H groups in total. The summed E-state index contributed by atoms with van der Waals surface area (Å²) >= 11 is 1.90. The molecule has 1 aromatic rings. The first-order valence-corrected chi connectivity index (χ1v) is 6.73. The zero-order valence-electron chi connectivity index (χ0n) is 9.94. The molecule has 0 aliphatic carbocycles. The lowest BCUT2D eigenvalue weighted by Crippen LogP contribution is -2.31. The number of nitrogens with zero attached hydrogens (tertiary/aromatic N) is 2. The van der Waals surface area contributed by atoms with E-state index in [9.17, 15) is 0 Å². The van der Waals surface area contributed by atoms with Crippen molar-refractivity contribution in [1.29, 1.82) is 5.26 Å². The van der Waals surface area contributed by atoms with Gasteiger partial charge in [0.15, 0.2) is 0 Å². The van der Waals surface area contributed by atoms with Gasteiger partial charge in [0, 0.05) is 21.8 Å². The van der Waals surface area contributed by atoms with E-state index in [2.05, 4.69) is 36.9 Å². The third-order valence-electron chi connectivity index (χ3n) is 3.34. The SMILES string of the molecule is Cc1ccc([C@@H]2CCCN2[C@@H](C)CC#N)s1. The molecule has 0 bridgehead atoms. The molecule has 1 saturated heterocycles. The normalized spacial score (nSPS) is 23.2. The van der Waals surface area contributed by atoms with Crippen LogP contribution in [0.5, 0.6) is 0 Å². The Kier molecular flexibility index (Phi) is 3.63. The van der Waals surface area contributed by atoms with Gasteiger partial charge < -0.3 is 0 Å². The minimum Gasteiger partial charge on any atom is -0.292 e. The van der Waals surface area contributed by atoms with Crippen molar-refractivity contribution in [2.75, 3.05) is 6.54 Å². The van der Waals surface area contributed by atoms with Crippen molar-refractivity contribution >= 4 is 11.3 Å². The average molecular weight is 234 g/mol. The predicted molar refractivity (Wildman–Crippen MR) is 67.4 cm³/mol. The van der Waals surface area contributed by atoms with Crippen LogP contribution < -0.4 is 0 Å². The Balaban J connectivity index is 2.12. The van der Waals surface area contributed by atoms with E-state index in [4.69, 9.17) is 5.26 Å². The van der Waals surface area contributed by atoms with Crippen LogP contribution in [-0.2, 0) is 0 Å². The van der Waals surface area contributed by atoms with Crippen molar-refractivity contribution in [3.05, 3.63) is 21.9 Å². The fourth-order valence-electron chi connectivity index (χ4n) is 2.50. The summed E-state index contributed by atoms with van der Waals surface area (Å²) in [6.07, 6.45) is 3.15. The van der Waals surface area contributed by atoms with Crippen molar-refractivity contribution < 1.29 is 0 Å². The highest BCUT2D eigenvalue weighted by Crippen LogP contribution is 2.37. The molecule has 3 heteroatoms. The molecule has 2 nitrogen and oxygen atoms in total. The van der Waals surface area contributed by atoms with Gasteiger partial charge in [-0.2, -0.15) is 5.26 Å². The topological polar surface area (TPSA) is 27.0 Å². The van der Waals surface area contributed by atoms with Gasteiger partial charge in [-0.15, -0.1) is 11.3 Å². The molecule has 0 radical (unpaired) electrons.